The lowest BCUT2D eigenvalue weighted by Gasteiger charge is -2.36. The Labute approximate surface area is 292 Å². The summed E-state index contributed by atoms with van der Waals surface area (Å²) in [5, 5.41) is 37.6. The lowest BCUT2D eigenvalue weighted by molar-refractivity contribution is -0.245. The first-order valence-corrected chi connectivity index (χ1v) is 17.1. The minimum atomic E-state index is -0.688. The van der Waals surface area contributed by atoms with Crippen LogP contribution in [0.15, 0.2) is 102 Å². The second-order valence-corrected chi connectivity index (χ2v) is 12.7. The predicted molar refractivity (Wildman–Crippen MR) is 188 cm³/mol. The van der Waals surface area contributed by atoms with Crippen LogP contribution >= 0.6 is 11.8 Å². The van der Waals surface area contributed by atoms with Gasteiger partial charge in [0.25, 0.3) is 0 Å². The molecule has 0 aliphatic carbocycles. The Morgan fingerprint density at radius 2 is 1.58 bits per heavy atom. The van der Waals surface area contributed by atoms with E-state index in [0.717, 1.165) is 16.7 Å². The molecule has 5 aromatic rings. The highest BCUT2D eigenvalue weighted by Gasteiger charge is 2.32. The van der Waals surface area contributed by atoms with Gasteiger partial charge in [0, 0.05) is 36.3 Å². The quantitative estimate of drug-likeness (QED) is 0.0770. The number of carbonyl (C=O) groups is 2. The number of nitrogens with two attached hydrogens (primary N) is 1. The number of benzene rings is 4. The lowest BCUT2D eigenvalue weighted by atomic mass is 10.0. The van der Waals surface area contributed by atoms with Crippen LogP contribution in [0.4, 0.5) is 17.1 Å². The first-order valence-electron chi connectivity index (χ1n) is 16.1. The Morgan fingerprint density at radius 1 is 0.880 bits per heavy atom. The molecule has 2 amide bonds. The molecular weight excluding hydrogens is 659 g/mol. The van der Waals surface area contributed by atoms with Crippen molar-refractivity contribution in [2.45, 2.75) is 55.9 Å². The second kappa shape index (κ2) is 16.4. The number of thioether (sulfide) groups is 1. The number of phenolic OH excluding ortho intramolecular Hbond substituents is 1. The minimum Gasteiger partial charge on any atom is -0.508 e. The summed E-state index contributed by atoms with van der Waals surface area (Å²) in [5.41, 5.74) is 10.8. The van der Waals surface area contributed by atoms with E-state index in [-0.39, 0.29) is 49.2 Å². The Kier molecular flexibility index (Phi) is 11.4. The summed E-state index contributed by atoms with van der Waals surface area (Å²) in [7, 11) is 0. The number of carbonyl (C=O) groups excluding carboxylic acids is 2. The zero-order valence-electron chi connectivity index (χ0n) is 27.0. The van der Waals surface area contributed by atoms with Gasteiger partial charge in [0.2, 0.25) is 17.0 Å². The highest BCUT2D eigenvalue weighted by atomic mass is 32.2. The Balaban J connectivity index is 1.07. The van der Waals surface area contributed by atoms with Crippen molar-refractivity contribution < 1.29 is 29.3 Å². The van der Waals surface area contributed by atoms with Crippen molar-refractivity contribution in [1.82, 2.24) is 20.2 Å². The van der Waals surface area contributed by atoms with E-state index < -0.39 is 6.29 Å². The van der Waals surface area contributed by atoms with Gasteiger partial charge in [-0.1, -0.05) is 60.3 Å². The van der Waals surface area contributed by atoms with E-state index in [1.54, 1.807) is 65.3 Å². The van der Waals surface area contributed by atoms with Gasteiger partial charge in [-0.25, -0.2) is 0 Å². The third kappa shape index (κ3) is 9.03. The fraction of sp³-hybridized carbons (Fsp3) is 0.250. The van der Waals surface area contributed by atoms with Gasteiger partial charge in [-0.05, 0) is 76.5 Å². The SMILES string of the molecule is Nc1ccccc1NC(=O)CCCC(=O)Nc1ccc([C@@H]2O[C@H](CSc3nnnn3-c3ccc(O)cc3)C[C@H](c3ccc(CO)cc3)O2)cc1. The number of nitrogen functional groups attached to an aromatic ring is 1. The number of hydrogen-bond acceptors (Lipinski definition) is 11. The van der Waals surface area contributed by atoms with Gasteiger partial charge >= 0.3 is 0 Å². The summed E-state index contributed by atoms with van der Waals surface area (Å²) in [5.74, 6) is 0.281. The molecule has 0 unspecified atom stereocenters. The number of aromatic hydroxyl groups is 1. The number of aliphatic hydroxyl groups excluding tert-OH is 1. The van der Waals surface area contributed by atoms with Crippen LogP contribution < -0.4 is 16.4 Å². The first-order chi connectivity index (χ1) is 24.3. The van der Waals surface area contributed by atoms with Crippen LogP contribution in [-0.4, -0.2) is 54.1 Å². The van der Waals surface area contributed by atoms with Gasteiger partial charge in [0.05, 0.1) is 35.9 Å². The van der Waals surface area contributed by atoms with Crippen molar-refractivity contribution in [1.29, 1.82) is 0 Å². The molecular formula is C36H37N7O6S. The van der Waals surface area contributed by atoms with Gasteiger partial charge in [-0.2, -0.15) is 4.68 Å². The molecule has 258 valence electrons. The number of anilines is 3. The van der Waals surface area contributed by atoms with Gasteiger partial charge < -0.3 is 36.1 Å². The highest BCUT2D eigenvalue weighted by Crippen LogP contribution is 2.39. The maximum absolute atomic E-state index is 12.6. The molecule has 1 aromatic heterocycles. The van der Waals surface area contributed by atoms with Crippen LogP contribution in [0.2, 0.25) is 0 Å². The molecule has 1 fully saturated rings. The molecule has 1 saturated heterocycles. The van der Waals surface area contributed by atoms with Crippen LogP contribution in [-0.2, 0) is 25.7 Å². The van der Waals surface area contributed by atoms with Crippen molar-refractivity contribution in [3.05, 3.63) is 114 Å². The topological polar surface area (TPSA) is 187 Å². The van der Waals surface area contributed by atoms with Gasteiger partial charge in [-0.3, -0.25) is 9.59 Å². The van der Waals surface area contributed by atoms with Crippen LogP contribution in [0.3, 0.4) is 0 Å². The van der Waals surface area contributed by atoms with Crippen LogP contribution in [0.1, 0.15) is 54.8 Å². The molecule has 1 aliphatic heterocycles. The molecule has 0 radical (unpaired) electrons. The number of para-hydroxylation sites is 2. The number of phenols is 1. The minimum absolute atomic E-state index is 0.0470. The molecule has 4 aromatic carbocycles. The van der Waals surface area contributed by atoms with E-state index in [2.05, 4.69) is 26.2 Å². The van der Waals surface area contributed by atoms with E-state index >= 15 is 0 Å². The average molecular weight is 696 g/mol. The van der Waals surface area contributed by atoms with Crippen LogP contribution in [0, 0.1) is 0 Å². The fourth-order valence-corrected chi connectivity index (χ4v) is 6.30. The van der Waals surface area contributed by atoms with E-state index in [9.17, 15) is 19.8 Å². The summed E-state index contributed by atoms with van der Waals surface area (Å²) < 4.78 is 14.5. The van der Waals surface area contributed by atoms with Crippen molar-refractivity contribution in [2.24, 2.45) is 0 Å². The van der Waals surface area contributed by atoms with Crippen molar-refractivity contribution in [3.63, 3.8) is 0 Å². The molecule has 50 heavy (non-hydrogen) atoms. The number of tetrazole rings is 1. The van der Waals surface area contributed by atoms with Crippen molar-refractivity contribution in [3.8, 4) is 11.4 Å². The molecule has 3 atom stereocenters. The summed E-state index contributed by atoms with van der Waals surface area (Å²) in [6.07, 6.45) is 0.122. The van der Waals surface area contributed by atoms with Crippen LogP contribution in [0.5, 0.6) is 5.75 Å². The third-order valence-electron chi connectivity index (χ3n) is 8.06. The maximum atomic E-state index is 12.6. The Morgan fingerprint density at radius 3 is 2.30 bits per heavy atom. The number of aliphatic hydroxyl groups is 1. The van der Waals surface area contributed by atoms with Crippen LogP contribution in [0.25, 0.3) is 5.69 Å². The first kappa shape index (κ1) is 34.6. The number of hydrogen-bond donors (Lipinski definition) is 5. The number of nitrogens with zero attached hydrogens (tertiary/aromatic N) is 4. The number of rotatable bonds is 13. The summed E-state index contributed by atoms with van der Waals surface area (Å²) in [6, 6.07) is 28.6. The number of ether oxygens (including phenoxy) is 2. The van der Waals surface area contributed by atoms with E-state index in [1.807, 2.05) is 36.4 Å². The van der Waals surface area contributed by atoms with E-state index in [4.69, 9.17) is 15.2 Å². The smallest absolute Gasteiger partial charge is 0.224 e. The monoisotopic (exact) mass is 695 g/mol. The summed E-state index contributed by atoms with van der Waals surface area (Å²) in [6.45, 7) is -0.0470. The molecule has 0 saturated carbocycles. The predicted octanol–water partition coefficient (Wildman–Crippen LogP) is 5.53. The molecule has 0 bridgehead atoms. The number of nitrogens with one attached hydrogen (secondary N) is 2. The maximum Gasteiger partial charge on any atom is 0.224 e. The second-order valence-electron chi connectivity index (χ2n) is 11.7. The van der Waals surface area contributed by atoms with Crippen molar-refractivity contribution >= 4 is 40.6 Å². The zero-order chi connectivity index (χ0) is 34.9. The molecule has 14 heteroatoms. The summed E-state index contributed by atoms with van der Waals surface area (Å²) in [4.78, 5) is 24.9. The van der Waals surface area contributed by atoms with Gasteiger partial charge in [0.1, 0.15) is 5.75 Å². The van der Waals surface area contributed by atoms with E-state index in [1.165, 1.54) is 11.8 Å². The largest absolute Gasteiger partial charge is 0.508 e. The number of amides is 2. The molecule has 6 N–H and O–H groups in total. The number of aromatic nitrogens is 4. The van der Waals surface area contributed by atoms with Crippen molar-refractivity contribution in [2.75, 3.05) is 22.1 Å². The molecule has 0 spiro atoms. The summed E-state index contributed by atoms with van der Waals surface area (Å²) >= 11 is 1.45. The third-order valence-corrected chi connectivity index (χ3v) is 9.11. The molecule has 1 aliphatic rings. The van der Waals surface area contributed by atoms with E-state index in [0.29, 0.717) is 46.5 Å². The highest BCUT2D eigenvalue weighted by molar-refractivity contribution is 7.99. The lowest BCUT2D eigenvalue weighted by Crippen LogP contribution is -2.31. The standard InChI is InChI=1S/C36H37N7O6S/c37-30-4-1-2-5-31(30)39-34(47)7-3-6-33(46)38-26-14-12-25(13-15-26)35-48-29(20-32(49-35)24-10-8-23(21-44)9-11-24)22-50-36-40-41-42-43(36)27-16-18-28(45)19-17-27/h1-2,4-5,8-19,29,32,35,44-45H,3,6-7,20-22,37H2,(H,38,46)(H,39,47)/t29-,32+,35+/m0/s1. The zero-order valence-corrected chi connectivity index (χ0v) is 27.8. The molecule has 6 rings (SSSR count). The molecule has 2 heterocycles. The normalized spacial score (nSPS) is 17.3. The van der Waals surface area contributed by atoms with Gasteiger partial charge in [0.15, 0.2) is 6.29 Å². The average Bonchev–Trinajstić information content (AvgIpc) is 3.61. The Hall–Kier alpha value is -5.28. The van der Waals surface area contributed by atoms with Gasteiger partial charge in [-0.15, -0.1) is 5.10 Å². The Bertz CT molecular complexity index is 1890. The fourth-order valence-electron chi connectivity index (χ4n) is 5.40. The molecule has 13 nitrogen and oxygen atoms in total.